The second-order valence-electron chi connectivity index (χ2n) is 5.22. The Hall–Kier alpha value is -0.0800. The summed E-state index contributed by atoms with van der Waals surface area (Å²) >= 11 is 0. The highest BCUT2D eigenvalue weighted by atomic mass is 15.3. The molecule has 0 N–H and O–H groups in total. The fourth-order valence-corrected chi connectivity index (χ4v) is 3.17. The largest absolute Gasteiger partial charge is 0.304 e. The van der Waals surface area contributed by atoms with Gasteiger partial charge in [0.15, 0.2) is 0 Å². The SMILES string of the molecule is CN1CCN(C2CC3CC3C2)CC1. The Labute approximate surface area is 80.9 Å². The third-order valence-corrected chi connectivity index (χ3v) is 4.27. The van der Waals surface area contributed by atoms with Crippen LogP contribution in [0.1, 0.15) is 19.3 Å². The van der Waals surface area contributed by atoms with Crippen molar-refractivity contribution in [1.82, 2.24) is 9.80 Å². The van der Waals surface area contributed by atoms with E-state index in [9.17, 15) is 0 Å². The summed E-state index contributed by atoms with van der Waals surface area (Å²) in [6.45, 7) is 5.21. The molecule has 2 saturated carbocycles. The van der Waals surface area contributed by atoms with Crippen LogP contribution in [-0.4, -0.2) is 49.1 Å². The van der Waals surface area contributed by atoms with E-state index in [2.05, 4.69) is 16.8 Å². The molecule has 0 bridgehead atoms. The standard InChI is InChI=1S/C11H20N2/c1-12-2-4-13(5-3-12)11-7-9-6-10(9)8-11/h9-11H,2-8H2,1H3. The van der Waals surface area contributed by atoms with Crippen LogP contribution in [0, 0.1) is 11.8 Å². The van der Waals surface area contributed by atoms with Crippen molar-refractivity contribution in [3.05, 3.63) is 0 Å². The molecule has 0 spiro atoms. The molecule has 2 unspecified atom stereocenters. The van der Waals surface area contributed by atoms with Crippen LogP contribution in [-0.2, 0) is 0 Å². The average molecular weight is 180 g/mol. The molecule has 2 nitrogen and oxygen atoms in total. The molecule has 2 atom stereocenters. The minimum absolute atomic E-state index is 0.970. The van der Waals surface area contributed by atoms with Gasteiger partial charge in [-0.3, -0.25) is 4.90 Å². The van der Waals surface area contributed by atoms with E-state index in [1.807, 2.05) is 0 Å². The highest BCUT2D eigenvalue weighted by Gasteiger charge is 2.47. The summed E-state index contributed by atoms with van der Waals surface area (Å²) in [7, 11) is 2.24. The van der Waals surface area contributed by atoms with Crippen LogP contribution in [0.3, 0.4) is 0 Å². The summed E-state index contributed by atoms with van der Waals surface area (Å²) < 4.78 is 0. The summed E-state index contributed by atoms with van der Waals surface area (Å²) in [6.07, 6.45) is 4.60. The van der Waals surface area contributed by atoms with E-state index >= 15 is 0 Å². The zero-order valence-electron chi connectivity index (χ0n) is 8.58. The lowest BCUT2D eigenvalue weighted by molar-refractivity contribution is 0.108. The lowest BCUT2D eigenvalue weighted by atomic mass is 10.1. The first-order chi connectivity index (χ1) is 6.33. The van der Waals surface area contributed by atoms with Crippen molar-refractivity contribution in [1.29, 1.82) is 0 Å². The fraction of sp³-hybridized carbons (Fsp3) is 1.00. The Morgan fingerprint density at radius 2 is 1.46 bits per heavy atom. The van der Waals surface area contributed by atoms with Crippen molar-refractivity contribution >= 4 is 0 Å². The van der Waals surface area contributed by atoms with Crippen LogP contribution in [0.5, 0.6) is 0 Å². The Morgan fingerprint density at radius 1 is 0.846 bits per heavy atom. The summed E-state index contributed by atoms with van der Waals surface area (Å²) in [5.41, 5.74) is 0. The molecule has 3 aliphatic rings. The Balaban J connectivity index is 1.54. The predicted octanol–water partition coefficient (Wildman–Crippen LogP) is 1.03. The van der Waals surface area contributed by atoms with E-state index in [-0.39, 0.29) is 0 Å². The van der Waals surface area contributed by atoms with Crippen molar-refractivity contribution < 1.29 is 0 Å². The molecule has 0 aromatic heterocycles. The molecule has 1 aliphatic heterocycles. The maximum atomic E-state index is 2.74. The first-order valence-electron chi connectivity index (χ1n) is 5.75. The maximum Gasteiger partial charge on any atom is 0.0113 e. The molecule has 74 valence electrons. The minimum Gasteiger partial charge on any atom is -0.304 e. The molecule has 2 heteroatoms. The van der Waals surface area contributed by atoms with Gasteiger partial charge >= 0.3 is 0 Å². The molecule has 13 heavy (non-hydrogen) atoms. The second kappa shape index (κ2) is 2.96. The Kier molecular flexibility index (Phi) is 1.88. The van der Waals surface area contributed by atoms with Gasteiger partial charge in [-0.2, -0.15) is 0 Å². The van der Waals surface area contributed by atoms with Gasteiger partial charge in [0.05, 0.1) is 0 Å². The van der Waals surface area contributed by atoms with E-state index in [4.69, 9.17) is 0 Å². The molecule has 0 radical (unpaired) electrons. The quantitative estimate of drug-likeness (QED) is 0.595. The lowest BCUT2D eigenvalue weighted by Gasteiger charge is -2.37. The number of nitrogens with zero attached hydrogens (tertiary/aromatic N) is 2. The van der Waals surface area contributed by atoms with Gasteiger partial charge in [0.1, 0.15) is 0 Å². The van der Waals surface area contributed by atoms with Gasteiger partial charge in [0.2, 0.25) is 0 Å². The van der Waals surface area contributed by atoms with Crippen LogP contribution in [0.4, 0.5) is 0 Å². The third-order valence-electron chi connectivity index (χ3n) is 4.27. The van der Waals surface area contributed by atoms with Crippen molar-refractivity contribution in [2.45, 2.75) is 25.3 Å². The highest BCUT2D eigenvalue weighted by molar-refractivity contribution is 5.00. The van der Waals surface area contributed by atoms with E-state index in [0.29, 0.717) is 0 Å². The van der Waals surface area contributed by atoms with Crippen LogP contribution >= 0.6 is 0 Å². The molecule has 2 aliphatic carbocycles. The minimum atomic E-state index is 0.970. The first kappa shape index (κ1) is 8.25. The number of likely N-dealkylation sites (N-methyl/N-ethyl adjacent to an activating group) is 1. The topological polar surface area (TPSA) is 6.48 Å². The monoisotopic (exact) mass is 180 g/mol. The summed E-state index contributed by atoms with van der Waals surface area (Å²) in [5.74, 6) is 2.29. The molecular weight excluding hydrogens is 160 g/mol. The van der Waals surface area contributed by atoms with Crippen molar-refractivity contribution in [3.8, 4) is 0 Å². The van der Waals surface area contributed by atoms with Gasteiger partial charge in [-0.05, 0) is 38.1 Å². The molecule has 0 amide bonds. The third kappa shape index (κ3) is 1.50. The van der Waals surface area contributed by atoms with Crippen LogP contribution in [0.25, 0.3) is 0 Å². The van der Waals surface area contributed by atoms with E-state index < -0.39 is 0 Å². The fourth-order valence-electron chi connectivity index (χ4n) is 3.17. The van der Waals surface area contributed by atoms with Gasteiger partial charge < -0.3 is 4.90 Å². The van der Waals surface area contributed by atoms with Gasteiger partial charge in [-0.1, -0.05) is 0 Å². The molecule has 3 rings (SSSR count). The van der Waals surface area contributed by atoms with Gasteiger partial charge in [0.25, 0.3) is 0 Å². The van der Waals surface area contributed by atoms with E-state index in [1.165, 1.54) is 39.0 Å². The highest BCUT2D eigenvalue weighted by Crippen LogP contribution is 2.53. The smallest absolute Gasteiger partial charge is 0.0113 e. The summed E-state index contributed by atoms with van der Waals surface area (Å²) in [5, 5.41) is 0. The Bertz CT molecular complexity index is 186. The van der Waals surface area contributed by atoms with E-state index in [1.54, 1.807) is 6.42 Å². The molecule has 3 fully saturated rings. The zero-order chi connectivity index (χ0) is 8.84. The van der Waals surface area contributed by atoms with Crippen molar-refractivity contribution in [3.63, 3.8) is 0 Å². The number of hydrogen-bond donors (Lipinski definition) is 0. The summed E-state index contributed by atoms with van der Waals surface area (Å²) in [4.78, 5) is 5.19. The average Bonchev–Trinajstić information content (AvgIpc) is 2.75. The second-order valence-corrected chi connectivity index (χ2v) is 5.22. The first-order valence-corrected chi connectivity index (χ1v) is 5.75. The predicted molar refractivity (Wildman–Crippen MR) is 53.7 cm³/mol. The molecule has 1 saturated heterocycles. The number of hydrogen-bond acceptors (Lipinski definition) is 2. The van der Waals surface area contributed by atoms with Crippen molar-refractivity contribution in [2.75, 3.05) is 33.2 Å². The molecular formula is C11H20N2. The van der Waals surface area contributed by atoms with Gasteiger partial charge in [0, 0.05) is 32.2 Å². The number of fused-ring (bicyclic) bond motifs is 1. The normalized spacial score (nSPS) is 46.4. The van der Waals surface area contributed by atoms with Crippen LogP contribution in [0.15, 0.2) is 0 Å². The van der Waals surface area contributed by atoms with Crippen LogP contribution < -0.4 is 0 Å². The molecule has 1 heterocycles. The zero-order valence-corrected chi connectivity index (χ0v) is 8.58. The molecule has 0 aromatic carbocycles. The number of piperazine rings is 1. The van der Waals surface area contributed by atoms with E-state index in [0.717, 1.165) is 17.9 Å². The number of rotatable bonds is 1. The summed E-state index contributed by atoms with van der Waals surface area (Å²) in [6, 6.07) is 0.970. The Morgan fingerprint density at radius 3 is 2.08 bits per heavy atom. The lowest BCUT2D eigenvalue weighted by Crippen LogP contribution is -2.48. The molecule has 0 aromatic rings. The van der Waals surface area contributed by atoms with Gasteiger partial charge in [-0.15, -0.1) is 0 Å². The van der Waals surface area contributed by atoms with Gasteiger partial charge in [-0.25, -0.2) is 0 Å². The maximum absolute atomic E-state index is 2.74. The van der Waals surface area contributed by atoms with Crippen molar-refractivity contribution in [2.24, 2.45) is 11.8 Å². The van der Waals surface area contributed by atoms with Crippen LogP contribution in [0.2, 0.25) is 0 Å².